The van der Waals surface area contributed by atoms with Crippen LogP contribution >= 0.6 is 0 Å². The minimum Gasteiger partial charge on any atom is -0.354 e. The molecule has 5 aromatic rings. The Balaban J connectivity index is 1.95. The lowest BCUT2D eigenvalue weighted by molar-refractivity contribution is 0.483. The molecule has 3 aromatic carbocycles. The molecule has 0 spiro atoms. The number of pyridine rings is 2. The summed E-state index contributed by atoms with van der Waals surface area (Å²) in [6.07, 6.45) is 0. The monoisotopic (exact) mass is 392 g/mol. The molecule has 138 valence electrons. The van der Waals surface area contributed by atoms with E-state index in [1.54, 1.807) is 30.3 Å². The Morgan fingerprint density at radius 3 is 1.82 bits per heavy atom. The Labute approximate surface area is 157 Å². The summed E-state index contributed by atoms with van der Waals surface area (Å²) in [5, 5.41) is 1.43. The minimum atomic E-state index is -4.43. The Hall–Kier alpha value is -3.49. The van der Waals surface area contributed by atoms with E-state index in [-0.39, 0.29) is 15.7 Å². The number of rotatable bonds is 1. The highest BCUT2D eigenvalue weighted by Gasteiger charge is 2.14. The Morgan fingerprint density at radius 1 is 0.643 bits per heavy atom. The summed E-state index contributed by atoms with van der Waals surface area (Å²) >= 11 is 0. The van der Waals surface area contributed by atoms with E-state index in [2.05, 4.69) is 9.97 Å². The smallest absolute Gasteiger partial charge is 0.294 e. The van der Waals surface area contributed by atoms with E-state index < -0.39 is 15.5 Å². The van der Waals surface area contributed by atoms with Crippen molar-refractivity contribution in [1.82, 2.24) is 9.97 Å². The molecule has 0 amide bonds. The molecule has 5 rings (SSSR count). The van der Waals surface area contributed by atoms with Crippen LogP contribution in [0.4, 0.5) is 0 Å². The lowest BCUT2D eigenvalue weighted by atomic mass is 10.1. The fourth-order valence-electron chi connectivity index (χ4n) is 3.53. The quantitative estimate of drug-likeness (QED) is 0.299. The first kappa shape index (κ1) is 16.7. The maximum absolute atomic E-state index is 13.0. The second kappa shape index (κ2) is 5.51. The van der Waals surface area contributed by atoms with Gasteiger partial charge in [-0.2, -0.15) is 8.42 Å². The van der Waals surface area contributed by atoms with Crippen molar-refractivity contribution in [1.29, 1.82) is 0 Å². The van der Waals surface area contributed by atoms with Gasteiger partial charge in [0.25, 0.3) is 10.1 Å². The number of H-pyrrole nitrogens is 2. The number of hydrogen-bond donors (Lipinski definition) is 3. The number of aromatic nitrogens is 2. The van der Waals surface area contributed by atoms with Crippen LogP contribution in [0.5, 0.6) is 0 Å². The van der Waals surface area contributed by atoms with Gasteiger partial charge in [-0.1, -0.05) is 12.1 Å². The normalized spacial score (nSPS) is 12.3. The second-order valence-electron chi connectivity index (χ2n) is 6.58. The number of nitrogens with one attached hydrogen (secondary N) is 2. The highest BCUT2D eigenvalue weighted by Crippen LogP contribution is 2.22. The topological polar surface area (TPSA) is 120 Å². The highest BCUT2D eigenvalue weighted by atomic mass is 32.2. The lowest BCUT2D eigenvalue weighted by Crippen LogP contribution is -2.09. The molecule has 2 heterocycles. The van der Waals surface area contributed by atoms with E-state index in [1.807, 2.05) is 6.07 Å². The zero-order valence-corrected chi connectivity index (χ0v) is 15.0. The summed E-state index contributed by atoms with van der Waals surface area (Å²) in [4.78, 5) is 31.7. The number of fused-ring (bicyclic) bond motifs is 4. The van der Waals surface area contributed by atoms with Crippen LogP contribution in [0.1, 0.15) is 0 Å². The van der Waals surface area contributed by atoms with Gasteiger partial charge < -0.3 is 9.97 Å². The van der Waals surface area contributed by atoms with Gasteiger partial charge >= 0.3 is 0 Å². The van der Waals surface area contributed by atoms with E-state index >= 15 is 0 Å². The average molecular weight is 392 g/mol. The van der Waals surface area contributed by atoms with Crippen molar-refractivity contribution in [3.8, 4) is 0 Å². The molecule has 0 radical (unpaired) electrons. The number of benzene rings is 3. The molecule has 0 saturated carbocycles. The fourth-order valence-corrected chi connectivity index (χ4v) is 4.04. The molecule has 0 aliphatic heterocycles. The summed E-state index contributed by atoms with van der Waals surface area (Å²) in [5.74, 6) is 0. The van der Waals surface area contributed by atoms with Gasteiger partial charge in [0.2, 0.25) is 0 Å². The van der Waals surface area contributed by atoms with Gasteiger partial charge in [-0.3, -0.25) is 14.1 Å². The number of para-hydroxylation sites is 1. The van der Waals surface area contributed by atoms with Crippen LogP contribution in [0.2, 0.25) is 0 Å². The average Bonchev–Trinajstić information content (AvgIpc) is 2.67. The zero-order valence-electron chi connectivity index (χ0n) is 14.2. The van der Waals surface area contributed by atoms with Gasteiger partial charge in [-0.15, -0.1) is 0 Å². The molecular weight excluding hydrogens is 380 g/mol. The molecule has 28 heavy (non-hydrogen) atoms. The molecule has 0 atom stereocenters. The molecule has 0 aliphatic rings. The summed E-state index contributed by atoms with van der Waals surface area (Å²) in [7, 11) is -4.43. The molecule has 7 nitrogen and oxygen atoms in total. The molecule has 0 aliphatic carbocycles. The van der Waals surface area contributed by atoms with Gasteiger partial charge in [0.15, 0.2) is 10.9 Å². The van der Waals surface area contributed by atoms with Crippen molar-refractivity contribution in [3.63, 3.8) is 0 Å². The van der Waals surface area contributed by atoms with Crippen LogP contribution < -0.4 is 10.9 Å². The third-order valence-electron chi connectivity index (χ3n) is 4.89. The van der Waals surface area contributed by atoms with Crippen molar-refractivity contribution < 1.29 is 13.0 Å². The summed E-state index contributed by atoms with van der Waals surface area (Å²) in [6, 6.07) is 14.1. The van der Waals surface area contributed by atoms with Crippen molar-refractivity contribution in [3.05, 3.63) is 75.0 Å². The van der Waals surface area contributed by atoms with E-state index in [4.69, 9.17) is 0 Å². The zero-order chi connectivity index (χ0) is 19.6. The first-order valence-electron chi connectivity index (χ1n) is 8.35. The van der Waals surface area contributed by atoms with Gasteiger partial charge in [0, 0.05) is 32.6 Å². The SMILES string of the molecule is O=c1c2ccccc2[nH]c2cc3c(=O)c4cc(S(=O)(=O)O)ccc4[nH]c3cc12. The van der Waals surface area contributed by atoms with Gasteiger partial charge in [-0.05, 0) is 42.5 Å². The number of hydrogen-bond acceptors (Lipinski definition) is 4. The minimum absolute atomic E-state index is 0.130. The fraction of sp³-hybridized carbons (Fsp3) is 0. The van der Waals surface area contributed by atoms with Crippen molar-refractivity contribution in [2.45, 2.75) is 4.90 Å². The molecule has 8 heteroatoms. The predicted octanol–water partition coefficient (Wildman–Crippen LogP) is 2.92. The third kappa shape index (κ3) is 2.35. The van der Waals surface area contributed by atoms with Crippen LogP contribution in [-0.4, -0.2) is 22.9 Å². The Morgan fingerprint density at radius 2 is 1.18 bits per heavy atom. The first-order valence-corrected chi connectivity index (χ1v) is 9.79. The summed E-state index contributed by atoms with van der Waals surface area (Å²) in [6.45, 7) is 0. The van der Waals surface area contributed by atoms with E-state index in [9.17, 15) is 22.6 Å². The van der Waals surface area contributed by atoms with Crippen LogP contribution in [0.25, 0.3) is 43.6 Å². The van der Waals surface area contributed by atoms with E-state index in [0.29, 0.717) is 38.2 Å². The van der Waals surface area contributed by atoms with Crippen molar-refractivity contribution >= 4 is 53.7 Å². The van der Waals surface area contributed by atoms with Gasteiger partial charge in [0.05, 0.1) is 15.9 Å². The number of aromatic amines is 2. The second-order valence-corrected chi connectivity index (χ2v) is 8.00. The molecule has 2 aromatic heterocycles. The highest BCUT2D eigenvalue weighted by molar-refractivity contribution is 7.85. The molecular formula is C20H12N2O5S. The van der Waals surface area contributed by atoms with Crippen molar-refractivity contribution in [2.24, 2.45) is 0 Å². The first-order chi connectivity index (χ1) is 13.3. The van der Waals surface area contributed by atoms with Crippen LogP contribution in [0.3, 0.4) is 0 Å². The standard InChI is InChI=1S/C20H12N2O5S/c23-19-11-3-1-2-4-15(11)21-17-9-14-18(8-13(17)19)22-16-6-5-10(28(25,26)27)7-12(16)20(14)24/h1-9H,(H,21,23)(H,22,24)(H,25,26,27). The summed E-state index contributed by atoms with van der Waals surface area (Å²) in [5.41, 5.74) is 1.49. The molecule has 0 bridgehead atoms. The van der Waals surface area contributed by atoms with Crippen LogP contribution in [0, 0.1) is 0 Å². The van der Waals surface area contributed by atoms with Crippen LogP contribution in [0.15, 0.2) is 69.1 Å². The maximum Gasteiger partial charge on any atom is 0.294 e. The van der Waals surface area contributed by atoms with Crippen LogP contribution in [-0.2, 0) is 10.1 Å². The maximum atomic E-state index is 13.0. The molecule has 3 N–H and O–H groups in total. The summed E-state index contributed by atoms with van der Waals surface area (Å²) < 4.78 is 32.0. The molecule has 0 fully saturated rings. The van der Waals surface area contributed by atoms with Crippen molar-refractivity contribution in [2.75, 3.05) is 0 Å². The largest absolute Gasteiger partial charge is 0.354 e. The Bertz CT molecular complexity index is 1680. The predicted molar refractivity (Wildman–Crippen MR) is 108 cm³/mol. The van der Waals surface area contributed by atoms with Gasteiger partial charge in [-0.25, -0.2) is 0 Å². The molecule has 0 unspecified atom stereocenters. The van der Waals surface area contributed by atoms with E-state index in [0.717, 1.165) is 6.07 Å². The Kier molecular flexibility index (Phi) is 3.28. The van der Waals surface area contributed by atoms with Gasteiger partial charge in [0.1, 0.15) is 0 Å². The lowest BCUT2D eigenvalue weighted by Gasteiger charge is -2.07. The third-order valence-corrected chi connectivity index (χ3v) is 5.74. The molecule has 0 saturated heterocycles. The van der Waals surface area contributed by atoms with E-state index in [1.165, 1.54) is 12.1 Å².